The number of hydrogen-bond donors (Lipinski definition) is 0. The summed E-state index contributed by atoms with van der Waals surface area (Å²) in [6.07, 6.45) is 0. The Hall–Kier alpha value is -3.26. The molecule has 46 heavy (non-hydrogen) atoms. The molecule has 0 nitrogen and oxygen atoms in total. The molecular formula is C42H36Cl2SiZr-4. The molecule has 0 amide bonds. The average molecular weight is 731 g/mol. The number of rotatable bonds is 2. The van der Waals surface area contributed by atoms with Gasteiger partial charge in [0, 0.05) is 0 Å². The predicted molar refractivity (Wildman–Crippen MR) is 193 cm³/mol. The Morgan fingerprint density at radius 1 is 0.413 bits per heavy atom. The van der Waals surface area contributed by atoms with Gasteiger partial charge in [-0.3, -0.25) is 0 Å². The van der Waals surface area contributed by atoms with E-state index >= 15 is 0 Å². The van der Waals surface area contributed by atoms with Crippen LogP contribution >= 0.6 is 0 Å². The van der Waals surface area contributed by atoms with E-state index in [1.165, 1.54) is 99.8 Å². The number of benzene rings is 6. The van der Waals surface area contributed by atoms with E-state index in [0.717, 1.165) is 0 Å². The predicted octanol–water partition coefficient (Wildman–Crippen LogP) is 5.90. The maximum atomic E-state index is 3.06. The quantitative estimate of drug-likeness (QED) is 0.154. The second-order valence-electron chi connectivity index (χ2n) is 10.6. The van der Waals surface area contributed by atoms with Crippen LogP contribution in [0.2, 0.25) is 0 Å². The first-order valence-electron chi connectivity index (χ1n) is 14.2. The number of aryl methyl sites for hydroxylation is 2. The van der Waals surface area contributed by atoms with Gasteiger partial charge in [-0.2, -0.15) is 0 Å². The van der Waals surface area contributed by atoms with Crippen molar-refractivity contribution in [3.8, 4) is 22.3 Å². The fourth-order valence-electron chi connectivity index (χ4n) is 6.34. The van der Waals surface area contributed by atoms with Gasteiger partial charge in [0.2, 0.25) is 0 Å². The molecule has 0 saturated heterocycles. The maximum absolute atomic E-state index is 3.06. The van der Waals surface area contributed by atoms with Crippen molar-refractivity contribution in [3.63, 3.8) is 0 Å². The summed E-state index contributed by atoms with van der Waals surface area (Å²) in [7, 11) is 0. The molecule has 0 saturated carbocycles. The third kappa shape index (κ3) is 7.48. The number of hydrogen-bond acceptors (Lipinski definition) is 0. The van der Waals surface area contributed by atoms with Crippen LogP contribution in [0.4, 0.5) is 0 Å². The molecule has 8 aromatic carbocycles. The first kappa shape index (κ1) is 38.9. The normalized spacial score (nSPS) is 9.91. The summed E-state index contributed by atoms with van der Waals surface area (Å²) in [5, 5.41) is 10.6. The standard InChI is InChI=1S/2C20H15.2CH3.2ClH.Si.Zr/c2*1-14-13-16-8-3-5-11-18(16)20(14)19-12-6-9-15-7-2-4-10-17(15)19;;;;;;/h2*2-13H,1H3;2*1H3;2*1H;;/q4*-1;;;;+2/p-2. The molecule has 0 aliphatic carbocycles. The molecule has 0 fully saturated rings. The van der Waals surface area contributed by atoms with Gasteiger partial charge in [0.25, 0.3) is 0 Å². The summed E-state index contributed by atoms with van der Waals surface area (Å²) < 4.78 is 0. The SMILES string of the molecule is Cc1[cH-]c2ccccc2c1-c1cccc2ccccc12.Cc1[cH-]c2ccccc2c1-c1cccc2ccccc12.[CH3-].[CH3-].[Cl-].[Cl-].[Si]=[Zr+2]. The van der Waals surface area contributed by atoms with Crippen LogP contribution < -0.4 is 24.8 Å². The van der Waals surface area contributed by atoms with Crippen LogP contribution in [0.15, 0.2) is 146 Å². The van der Waals surface area contributed by atoms with E-state index in [0.29, 0.717) is 0 Å². The first-order valence-corrected chi connectivity index (χ1v) is 18.4. The van der Waals surface area contributed by atoms with Gasteiger partial charge in [-0.1, -0.05) is 122 Å². The van der Waals surface area contributed by atoms with Crippen LogP contribution in [0.1, 0.15) is 11.1 Å². The van der Waals surface area contributed by atoms with Crippen LogP contribution in [0.25, 0.3) is 65.3 Å². The van der Waals surface area contributed by atoms with Crippen LogP contribution in [0.3, 0.4) is 0 Å². The summed E-state index contributed by atoms with van der Waals surface area (Å²) in [5.74, 6) is 0. The van der Waals surface area contributed by atoms with Gasteiger partial charge in [-0.15, -0.1) is 92.3 Å². The zero-order valence-electron chi connectivity index (χ0n) is 26.6. The Balaban J connectivity index is 0.000000281. The van der Waals surface area contributed by atoms with E-state index < -0.39 is 0 Å². The van der Waals surface area contributed by atoms with E-state index in [2.05, 4.69) is 166 Å². The molecule has 0 heterocycles. The van der Waals surface area contributed by atoms with Crippen molar-refractivity contribution in [1.29, 1.82) is 0 Å². The van der Waals surface area contributed by atoms with Crippen LogP contribution in [0, 0.1) is 28.7 Å². The molecule has 8 rings (SSSR count). The molecule has 0 bridgehead atoms. The van der Waals surface area contributed by atoms with Gasteiger partial charge < -0.3 is 39.7 Å². The van der Waals surface area contributed by atoms with E-state index in [1.54, 1.807) is 0 Å². The summed E-state index contributed by atoms with van der Waals surface area (Å²) in [6, 6.07) is 52.2. The molecule has 8 aromatic rings. The number of halogens is 2. The molecule has 0 spiro atoms. The zero-order valence-corrected chi connectivity index (χ0v) is 31.6. The molecule has 0 aliphatic heterocycles. The Bertz CT molecular complexity index is 2010. The van der Waals surface area contributed by atoms with Crippen molar-refractivity contribution < 1.29 is 48.1 Å². The van der Waals surface area contributed by atoms with Gasteiger partial charge >= 0.3 is 30.2 Å². The molecular weight excluding hydrogens is 695 g/mol. The first-order chi connectivity index (χ1) is 20.7. The Morgan fingerprint density at radius 2 is 0.717 bits per heavy atom. The molecule has 0 aliphatic rings. The summed E-state index contributed by atoms with van der Waals surface area (Å²) >= 11 is 1.36. The van der Waals surface area contributed by atoms with Gasteiger partial charge in [0.05, 0.1) is 0 Å². The number of fused-ring (bicyclic) bond motifs is 4. The summed E-state index contributed by atoms with van der Waals surface area (Å²) in [6.45, 7) is 7.47. The van der Waals surface area contributed by atoms with E-state index in [4.69, 9.17) is 0 Å². The second kappa shape index (κ2) is 17.6. The molecule has 0 unspecified atom stereocenters. The van der Waals surface area contributed by atoms with Crippen LogP contribution in [0.5, 0.6) is 0 Å². The Kier molecular flexibility index (Phi) is 14.9. The molecule has 0 N–H and O–H groups in total. The van der Waals surface area contributed by atoms with Crippen molar-refractivity contribution in [2.24, 2.45) is 0 Å². The van der Waals surface area contributed by atoms with Gasteiger partial charge in [0.1, 0.15) is 0 Å². The van der Waals surface area contributed by atoms with Crippen molar-refractivity contribution >= 4 is 50.0 Å². The van der Waals surface area contributed by atoms with Crippen molar-refractivity contribution in [3.05, 3.63) is 172 Å². The second-order valence-corrected chi connectivity index (χ2v) is 10.6. The van der Waals surface area contributed by atoms with Gasteiger partial charge in [-0.25, -0.2) is 0 Å². The monoisotopic (exact) mass is 728 g/mol. The van der Waals surface area contributed by atoms with E-state index in [9.17, 15) is 0 Å². The van der Waals surface area contributed by atoms with Crippen LogP contribution in [-0.4, -0.2) is 6.88 Å². The topological polar surface area (TPSA) is 0 Å². The van der Waals surface area contributed by atoms with E-state index in [1.807, 2.05) is 0 Å². The third-order valence-electron chi connectivity index (χ3n) is 8.11. The molecule has 4 heteroatoms. The summed E-state index contributed by atoms with van der Waals surface area (Å²) in [4.78, 5) is 0. The fraction of sp³-hybridized carbons (Fsp3) is 0.0476. The van der Waals surface area contributed by atoms with Crippen LogP contribution in [-0.2, 0) is 23.3 Å². The molecule has 0 aromatic heterocycles. The van der Waals surface area contributed by atoms with Crippen molar-refractivity contribution in [2.45, 2.75) is 13.8 Å². The summed E-state index contributed by atoms with van der Waals surface area (Å²) in [5.41, 5.74) is 8.11. The van der Waals surface area contributed by atoms with Crippen molar-refractivity contribution in [1.82, 2.24) is 0 Å². The minimum absolute atomic E-state index is 0. The van der Waals surface area contributed by atoms with Gasteiger partial charge in [0.15, 0.2) is 0 Å². The Morgan fingerprint density at radius 3 is 1.11 bits per heavy atom. The molecule has 2 radical (unpaired) electrons. The van der Waals surface area contributed by atoms with E-state index in [-0.39, 0.29) is 39.7 Å². The van der Waals surface area contributed by atoms with Crippen molar-refractivity contribution in [2.75, 3.05) is 0 Å². The fourth-order valence-corrected chi connectivity index (χ4v) is 6.34. The third-order valence-corrected chi connectivity index (χ3v) is 8.11. The minimum atomic E-state index is 0. The average Bonchev–Trinajstić information content (AvgIpc) is 3.56. The molecule has 230 valence electrons. The molecule has 0 atom stereocenters. The van der Waals surface area contributed by atoms with Gasteiger partial charge in [-0.05, 0) is 21.5 Å². The Labute approximate surface area is 303 Å². The zero-order chi connectivity index (χ0) is 29.1.